The lowest BCUT2D eigenvalue weighted by Gasteiger charge is -2.18. The lowest BCUT2D eigenvalue weighted by atomic mass is 10.0. The molecule has 0 bridgehead atoms. The molecule has 5 heteroatoms. The quantitative estimate of drug-likeness (QED) is 0.822. The molecule has 0 spiro atoms. The zero-order valence-electron chi connectivity index (χ0n) is 13.1. The number of carbonyl (C=O) groups excluding carboxylic acids is 1. The number of hydrogen-bond acceptors (Lipinski definition) is 3. The van der Waals surface area contributed by atoms with E-state index in [9.17, 15) is 9.90 Å². The molecule has 0 aliphatic rings. The summed E-state index contributed by atoms with van der Waals surface area (Å²) in [4.78, 5) is 12.2. The van der Waals surface area contributed by atoms with Crippen molar-refractivity contribution in [2.45, 2.75) is 32.9 Å². The zero-order chi connectivity index (χ0) is 15.9. The molecule has 0 aliphatic heterocycles. The monoisotopic (exact) mass is 301 g/mol. The maximum absolute atomic E-state index is 12.2. The van der Waals surface area contributed by atoms with Crippen LogP contribution in [0.15, 0.2) is 42.7 Å². The molecular weight excluding hydrogens is 278 g/mol. The molecule has 1 atom stereocenters. The summed E-state index contributed by atoms with van der Waals surface area (Å²) < 4.78 is 1.83. The van der Waals surface area contributed by atoms with Crippen molar-refractivity contribution >= 4 is 5.91 Å². The maximum atomic E-state index is 12.2. The van der Waals surface area contributed by atoms with E-state index in [0.29, 0.717) is 18.0 Å². The van der Waals surface area contributed by atoms with Crippen LogP contribution < -0.4 is 5.32 Å². The Labute approximate surface area is 131 Å². The van der Waals surface area contributed by atoms with Gasteiger partial charge in [-0.05, 0) is 36.1 Å². The van der Waals surface area contributed by atoms with Gasteiger partial charge in [-0.15, -0.1) is 0 Å². The highest BCUT2D eigenvalue weighted by atomic mass is 16.3. The van der Waals surface area contributed by atoms with Crippen molar-refractivity contribution in [3.05, 3.63) is 53.9 Å². The maximum Gasteiger partial charge on any atom is 0.251 e. The molecule has 1 heterocycles. The fraction of sp³-hybridized carbons (Fsp3) is 0.412. The fourth-order valence-corrected chi connectivity index (χ4v) is 2.36. The Kier molecular flexibility index (Phi) is 5.72. The Hall–Kier alpha value is -2.14. The molecule has 22 heavy (non-hydrogen) atoms. The number of nitrogens with zero attached hydrogens (tertiary/aromatic N) is 2. The van der Waals surface area contributed by atoms with Gasteiger partial charge in [-0.2, -0.15) is 5.10 Å². The molecule has 1 amide bonds. The molecule has 2 rings (SSSR count). The number of carbonyl (C=O) groups is 1. The highest BCUT2D eigenvalue weighted by molar-refractivity contribution is 5.94. The number of aliphatic hydroxyl groups excluding tert-OH is 1. The lowest BCUT2D eigenvalue weighted by Crippen LogP contribution is -2.38. The molecule has 2 aromatic rings. The highest BCUT2D eigenvalue weighted by Crippen LogP contribution is 2.08. The molecule has 0 fully saturated rings. The Bertz CT molecular complexity index is 576. The molecule has 0 aliphatic carbocycles. The normalized spacial score (nSPS) is 12.4. The number of amides is 1. The van der Waals surface area contributed by atoms with Gasteiger partial charge in [-0.3, -0.25) is 9.48 Å². The van der Waals surface area contributed by atoms with E-state index in [-0.39, 0.29) is 18.6 Å². The van der Waals surface area contributed by atoms with Crippen LogP contribution in [0.4, 0.5) is 0 Å². The van der Waals surface area contributed by atoms with Gasteiger partial charge in [0.1, 0.15) is 0 Å². The van der Waals surface area contributed by atoms with Gasteiger partial charge >= 0.3 is 0 Å². The number of benzene rings is 1. The Morgan fingerprint density at radius 2 is 2.05 bits per heavy atom. The third-order valence-corrected chi connectivity index (χ3v) is 3.43. The van der Waals surface area contributed by atoms with Crippen molar-refractivity contribution < 1.29 is 9.90 Å². The predicted molar refractivity (Wildman–Crippen MR) is 85.6 cm³/mol. The smallest absolute Gasteiger partial charge is 0.251 e. The Morgan fingerprint density at radius 3 is 2.59 bits per heavy atom. The summed E-state index contributed by atoms with van der Waals surface area (Å²) in [5, 5.41) is 16.4. The zero-order valence-corrected chi connectivity index (χ0v) is 13.1. The van der Waals surface area contributed by atoms with Crippen LogP contribution in [0.1, 0.15) is 36.2 Å². The SMILES string of the molecule is CC(C)CC(CO)NC(=O)c1ccc(Cn2cccn2)cc1. The molecule has 0 radical (unpaired) electrons. The minimum Gasteiger partial charge on any atom is -0.394 e. The van der Waals surface area contributed by atoms with E-state index in [1.165, 1.54) is 0 Å². The second-order valence-corrected chi connectivity index (χ2v) is 5.88. The number of rotatable bonds is 7. The molecule has 0 saturated carbocycles. The van der Waals surface area contributed by atoms with Crippen LogP contribution in [-0.4, -0.2) is 33.4 Å². The highest BCUT2D eigenvalue weighted by Gasteiger charge is 2.14. The van der Waals surface area contributed by atoms with E-state index in [1.54, 1.807) is 18.3 Å². The fourth-order valence-electron chi connectivity index (χ4n) is 2.36. The van der Waals surface area contributed by atoms with Crippen LogP contribution in [0, 0.1) is 5.92 Å². The van der Waals surface area contributed by atoms with Crippen LogP contribution in [0.2, 0.25) is 0 Å². The van der Waals surface area contributed by atoms with Gasteiger partial charge in [0.05, 0.1) is 19.2 Å². The predicted octanol–water partition coefficient (Wildman–Crippen LogP) is 2.07. The Balaban J connectivity index is 1.95. The first-order valence-electron chi connectivity index (χ1n) is 7.56. The van der Waals surface area contributed by atoms with Crippen molar-refractivity contribution in [1.82, 2.24) is 15.1 Å². The first kappa shape index (κ1) is 16.2. The van der Waals surface area contributed by atoms with Gasteiger partial charge < -0.3 is 10.4 Å². The van der Waals surface area contributed by atoms with E-state index in [1.807, 2.05) is 29.1 Å². The average molecular weight is 301 g/mol. The van der Waals surface area contributed by atoms with Gasteiger partial charge in [0.2, 0.25) is 0 Å². The third kappa shape index (κ3) is 4.70. The van der Waals surface area contributed by atoms with Crippen LogP contribution in [0.5, 0.6) is 0 Å². The van der Waals surface area contributed by atoms with Crippen LogP contribution in [0.25, 0.3) is 0 Å². The van der Waals surface area contributed by atoms with Gasteiger partial charge in [-0.1, -0.05) is 26.0 Å². The molecule has 1 aromatic carbocycles. The van der Waals surface area contributed by atoms with Crippen molar-refractivity contribution in [2.75, 3.05) is 6.61 Å². The second kappa shape index (κ2) is 7.75. The second-order valence-electron chi connectivity index (χ2n) is 5.88. The van der Waals surface area contributed by atoms with Gasteiger partial charge in [0, 0.05) is 18.0 Å². The van der Waals surface area contributed by atoms with Crippen LogP contribution >= 0.6 is 0 Å². The van der Waals surface area contributed by atoms with E-state index in [0.717, 1.165) is 12.0 Å². The van der Waals surface area contributed by atoms with Crippen molar-refractivity contribution in [1.29, 1.82) is 0 Å². The van der Waals surface area contributed by atoms with Crippen LogP contribution in [0.3, 0.4) is 0 Å². The number of hydrogen-bond donors (Lipinski definition) is 2. The summed E-state index contributed by atoms with van der Waals surface area (Å²) in [6.07, 6.45) is 4.41. The summed E-state index contributed by atoms with van der Waals surface area (Å²) in [5.74, 6) is 0.277. The first-order valence-corrected chi connectivity index (χ1v) is 7.56. The topological polar surface area (TPSA) is 67.2 Å². The van der Waals surface area contributed by atoms with Gasteiger partial charge in [0.15, 0.2) is 0 Å². The summed E-state index contributed by atoms with van der Waals surface area (Å²) >= 11 is 0. The lowest BCUT2D eigenvalue weighted by molar-refractivity contribution is 0.0908. The molecule has 1 unspecified atom stereocenters. The average Bonchev–Trinajstić information content (AvgIpc) is 2.99. The van der Waals surface area contributed by atoms with E-state index in [2.05, 4.69) is 24.3 Å². The van der Waals surface area contributed by atoms with Crippen molar-refractivity contribution in [2.24, 2.45) is 5.92 Å². The minimum atomic E-state index is -0.198. The molecule has 118 valence electrons. The van der Waals surface area contributed by atoms with Gasteiger partial charge in [0.25, 0.3) is 5.91 Å². The summed E-state index contributed by atoms with van der Waals surface area (Å²) in [7, 11) is 0. The van der Waals surface area contributed by atoms with E-state index >= 15 is 0 Å². The summed E-state index contributed by atoms with van der Waals surface area (Å²) in [5.41, 5.74) is 1.69. The third-order valence-electron chi connectivity index (χ3n) is 3.43. The van der Waals surface area contributed by atoms with E-state index < -0.39 is 0 Å². The Morgan fingerprint density at radius 1 is 1.32 bits per heavy atom. The first-order chi connectivity index (χ1) is 10.6. The summed E-state index contributed by atoms with van der Waals surface area (Å²) in [6, 6.07) is 9.14. The molecular formula is C17H23N3O2. The van der Waals surface area contributed by atoms with Crippen molar-refractivity contribution in [3.63, 3.8) is 0 Å². The largest absolute Gasteiger partial charge is 0.394 e. The molecule has 2 N–H and O–H groups in total. The summed E-state index contributed by atoms with van der Waals surface area (Å²) in [6.45, 7) is 4.78. The minimum absolute atomic E-state index is 0.0404. The number of aromatic nitrogens is 2. The van der Waals surface area contributed by atoms with Gasteiger partial charge in [-0.25, -0.2) is 0 Å². The molecule has 0 saturated heterocycles. The standard InChI is InChI=1S/C17H23N3O2/c1-13(2)10-16(12-21)19-17(22)15-6-4-14(5-7-15)11-20-9-3-8-18-20/h3-9,13,16,21H,10-12H2,1-2H3,(H,19,22). The van der Waals surface area contributed by atoms with E-state index in [4.69, 9.17) is 0 Å². The number of nitrogens with one attached hydrogen (secondary N) is 1. The molecule has 1 aromatic heterocycles. The number of aliphatic hydroxyl groups is 1. The molecule has 5 nitrogen and oxygen atoms in total. The van der Waals surface area contributed by atoms with Crippen LogP contribution in [-0.2, 0) is 6.54 Å². The van der Waals surface area contributed by atoms with Crippen molar-refractivity contribution in [3.8, 4) is 0 Å².